The van der Waals surface area contributed by atoms with Crippen LogP contribution in [0.15, 0.2) is 54.7 Å². The van der Waals surface area contributed by atoms with Crippen molar-refractivity contribution in [3.8, 4) is 5.75 Å². The summed E-state index contributed by atoms with van der Waals surface area (Å²) in [7, 11) is 0. The minimum atomic E-state index is -0.0833. The van der Waals surface area contributed by atoms with Crippen LogP contribution in [0.2, 0.25) is 0 Å². The van der Waals surface area contributed by atoms with Gasteiger partial charge < -0.3 is 9.47 Å². The molecule has 124 valence electrons. The molecule has 4 rings (SSSR count). The maximum absolute atomic E-state index is 5.88. The summed E-state index contributed by atoms with van der Waals surface area (Å²) in [6.07, 6.45) is 6.10. The number of fused-ring (bicyclic) bond motifs is 1. The molecule has 2 heterocycles. The molecule has 0 spiro atoms. The Morgan fingerprint density at radius 1 is 1.08 bits per heavy atom. The Morgan fingerprint density at radius 2 is 1.96 bits per heavy atom. The van der Waals surface area contributed by atoms with Gasteiger partial charge >= 0.3 is 0 Å². The summed E-state index contributed by atoms with van der Waals surface area (Å²) >= 11 is 0. The Bertz CT molecular complexity index is 789. The topological polar surface area (TPSA) is 36.3 Å². The lowest BCUT2D eigenvalue weighted by Gasteiger charge is -2.23. The van der Waals surface area contributed by atoms with Crippen molar-refractivity contribution in [1.29, 1.82) is 0 Å². The SMILES string of the molecule is c1ccc2c(c1)cnn2CCc1ccc(OC2CCCCO2)cc1. The Kier molecular flexibility index (Phi) is 4.47. The molecule has 1 saturated heterocycles. The smallest absolute Gasteiger partial charge is 0.199 e. The number of hydrogen-bond donors (Lipinski definition) is 0. The highest BCUT2D eigenvalue weighted by Crippen LogP contribution is 2.20. The lowest BCUT2D eigenvalue weighted by atomic mass is 10.1. The number of ether oxygens (including phenoxy) is 2. The van der Waals surface area contributed by atoms with Crippen LogP contribution in [0.5, 0.6) is 5.75 Å². The standard InChI is InChI=1S/C20H22N2O2/c1-2-6-19-17(5-1)15-21-22(19)13-12-16-8-10-18(11-9-16)24-20-7-3-4-14-23-20/h1-2,5-6,8-11,15,20H,3-4,7,12-14H2. The van der Waals surface area contributed by atoms with Crippen LogP contribution in [-0.2, 0) is 17.7 Å². The van der Waals surface area contributed by atoms with Crippen molar-refractivity contribution in [3.05, 3.63) is 60.3 Å². The normalized spacial score (nSPS) is 17.9. The summed E-state index contributed by atoms with van der Waals surface area (Å²) in [6.45, 7) is 1.68. The molecule has 2 aromatic carbocycles. The zero-order chi connectivity index (χ0) is 16.2. The van der Waals surface area contributed by atoms with Crippen LogP contribution in [0.25, 0.3) is 10.9 Å². The highest BCUT2D eigenvalue weighted by Gasteiger charge is 2.14. The summed E-state index contributed by atoms with van der Waals surface area (Å²) in [5.41, 5.74) is 2.47. The first kappa shape index (κ1) is 15.2. The maximum Gasteiger partial charge on any atom is 0.199 e. The van der Waals surface area contributed by atoms with Gasteiger partial charge in [-0.2, -0.15) is 5.10 Å². The summed E-state index contributed by atoms with van der Waals surface area (Å²) in [6, 6.07) is 16.6. The van der Waals surface area contributed by atoms with Crippen LogP contribution in [0.1, 0.15) is 24.8 Å². The van der Waals surface area contributed by atoms with Crippen molar-refractivity contribution in [2.75, 3.05) is 6.61 Å². The first-order valence-electron chi connectivity index (χ1n) is 8.66. The Labute approximate surface area is 142 Å². The fourth-order valence-corrected chi connectivity index (χ4v) is 3.13. The molecule has 4 nitrogen and oxygen atoms in total. The van der Waals surface area contributed by atoms with Crippen molar-refractivity contribution in [3.63, 3.8) is 0 Å². The zero-order valence-corrected chi connectivity index (χ0v) is 13.7. The molecule has 0 saturated carbocycles. The first-order chi connectivity index (χ1) is 11.9. The highest BCUT2D eigenvalue weighted by molar-refractivity contribution is 5.78. The van der Waals surface area contributed by atoms with Gasteiger partial charge in [0.25, 0.3) is 0 Å². The van der Waals surface area contributed by atoms with E-state index in [9.17, 15) is 0 Å². The van der Waals surface area contributed by atoms with E-state index in [1.807, 2.05) is 24.4 Å². The fraction of sp³-hybridized carbons (Fsp3) is 0.350. The van der Waals surface area contributed by atoms with Crippen LogP contribution in [-0.4, -0.2) is 22.7 Å². The lowest BCUT2D eigenvalue weighted by molar-refractivity contribution is -0.105. The van der Waals surface area contributed by atoms with Gasteiger partial charge in [0, 0.05) is 18.4 Å². The van der Waals surface area contributed by atoms with E-state index in [0.29, 0.717) is 0 Å². The monoisotopic (exact) mass is 322 g/mol. The number of benzene rings is 2. The van der Waals surface area contributed by atoms with Crippen molar-refractivity contribution in [2.45, 2.75) is 38.5 Å². The van der Waals surface area contributed by atoms with Gasteiger partial charge in [-0.05, 0) is 43.0 Å². The maximum atomic E-state index is 5.88. The summed E-state index contributed by atoms with van der Waals surface area (Å²) in [4.78, 5) is 0. The number of aromatic nitrogens is 2. The molecule has 0 N–H and O–H groups in total. The summed E-state index contributed by atoms with van der Waals surface area (Å²) in [5.74, 6) is 0.884. The molecule has 1 aromatic heterocycles. The molecule has 1 atom stereocenters. The predicted molar refractivity (Wildman–Crippen MR) is 94.1 cm³/mol. The van der Waals surface area contributed by atoms with Crippen LogP contribution in [0.4, 0.5) is 0 Å². The van der Waals surface area contributed by atoms with E-state index in [1.165, 1.54) is 22.9 Å². The minimum absolute atomic E-state index is 0.0833. The number of hydrogen-bond acceptors (Lipinski definition) is 3. The van der Waals surface area contributed by atoms with Crippen molar-refractivity contribution < 1.29 is 9.47 Å². The molecular formula is C20H22N2O2. The van der Waals surface area contributed by atoms with Gasteiger partial charge in [-0.15, -0.1) is 0 Å². The second-order valence-corrected chi connectivity index (χ2v) is 6.23. The molecule has 24 heavy (non-hydrogen) atoms. The molecule has 1 unspecified atom stereocenters. The highest BCUT2D eigenvalue weighted by atomic mass is 16.7. The van der Waals surface area contributed by atoms with Gasteiger partial charge in [-0.25, -0.2) is 0 Å². The van der Waals surface area contributed by atoms with Gasteiger partial charge in [0.2, 0.25) is 0 Å². The van der Waals surface area contributed by atoms with E-state index in [-0.39, 0.29) is 6.29 Å². The Morgan fingerprint density at radius 3 is 2.79 bits per heavy atom. The van der Waals surface area contributed by atoms with Crippen molar-refractivity contribution in [2.24, 2.45) is 0 Å². The number of nitrogens with zero attached hydrogens (tertiary/aromatic N) is 2. The average molecular weight is 322 g/mol. The van der Waals surface area contributed by atoms with Crippen molar-refractivity contribution >= 4 is 10.9 Å². The number of aryl methyl sites for hydroxylation is 2. The Balaban J connectivity index is 1.36. The molecule has 0 amide bonds. The van der Waals surface area contributed by atoms with Gasteiger partial charge in [0.05, 0.1) is 18.3 Å². The van der Waals surface area contributed by atoms with E-state index < -0.39 is 0 Å². The van der Waals surface area contributed by atoms with Crippen molar-refractivity contribution in [1.82, 2.24) is 9.78 Å². The fourth-order valence-electron chi connectivity index (χ4n) is 3.13. The van der Waals surface area contributed by atoms with Gasteiger partial charge in [0.1, 0.15) is 5.75 Å². The molecule has 1 aliphatic rings. The largest absolute Gasteiger partial charge is 0.465 e. The lowest BCUT2D eigenvalue weighted by Crippen LogP contribution is -2.24. The second-order valence-electron chi connectivity index (χ2n) is 6.23. The molecule has 4 heteroatoms. The van der Waals surface area contributed by atoms with E-state index in [0.717, 1.165) is 38.2 Å². The van der Waals surface area contributed by atoms with E-state index >= 15 is 0 Å². The molecular weight excluding hydrogens is 300 g/mol. The second kappa shape index (κ2) is 7.05. The third-order valence-electron chi connectivity index (χ3n) is 4.49. The first-order valence-corrected chi connectivity index (χ1v) is 8.66. The van der Waals surface area contributed by atoms with E-state index in [2.05, 4.69) is 40.1 Å². The summed E-state index contributed by atoms with van der Waals surface area (Å²) in [5, 5.41) is 5.67. The number of rotatable bonds is 5. The van der Waals surface area contributed by atoms with Crippen LogP contribution in [0, 0.1) is 0 Å². The van der Waals surface area contributed by atoms with Crippen LogP contribution >= 0.6 is 0 Å². The molecule has 0 aliphatic carbocycles. The van der Waals surface area contributed by atoms with Crippen LogP contribution < -0.4 is 4.74 Å². The third-order valence-corrected chi connectivity index (χ3v) is 4.49. The van der Waals surface area contributed by atoms with Gasteiger partial charge in [0.15, 0.2) is 6.29 Å². The Hall–Kier alpha value is -2.33. The minimum Gasteiger partial charge on any atom is -0.465 e. The number of para-hydroxylation sites is 1. The third kappa shape index (κ3) is 3.44. The summed E-state index contributed by atoms with van der Waals surface area (Å²) < 4.78 is 13.6. The molecule has 1 aliphatic heterocycles. The van der Waals surface area contributed by atoms with Crippen LogP contribution in [0.3, 0.4) is 0 Å². The molecule has 0 bridgehead atoms. The van der Waals surface area contributed by atoms with Gasteiger partial charge in [-0.1, -0.05) is 30.3 Å². The molecule has 0 radical (unpaired) electrons. The average Bonchev–Trinajstić information content (AvgIpc) is 3.05. The zero-order valence-electron chi connectivity index (χ0n) is 13.7. The molecule has 3 aromatic rings. The van der Waals surface area contributed by atoms with E-state index in [4.69, 9.17) is 9.47 Å². The van der Waals surface area contributed by atoms with E-state index in [1.54, 1.807) is 0 Å². The quantitative estimate of drug-likeness (QED) is 0.707. The van der Waals surface area contributed by atoms with Gasteiger partial charge in [-0.3, -0.25) is 4.68 Å². The molecule has 1 fully saturated rings. The predicted octanol–water partition coefficient (Wildman–Crippen LogP) is 4.18.